The van der Waals surface area contributed by atoms with Gasteiger partial charge in [-0.2, -0.15) is 0 Å². The summed E-state index contributed by atoms with van der Waals surface area (Å²) in [6, 6.07) is 11.4. The minimum absolute atomic E-state index is 0.686. The maximum absolute atomic E-state index is 10.5. The van der Waals surface area contributed by atoms with Crippen molar-refractivity contribution in [3.8, 4) is 5.75 Å². The second-order valence-corrected chi connectivity index (χ2v) is 5.92. The van der Waals surface area contributed by atoms with E-state index in [1.807, 2.05) is 43.3 Å². The molecule has 0 aliphatic rings. The Morgan fingerprint density at radius 1 is 1.11 bits per heavy atom. The molecule has 1 N–H and O–H groups in total. The van der Waals surface area contributed by atoms with E-state index in [2.05, 4.69) is 31.9 Å². The van der Waals surface area contributed by atoms with E-state index in [4.69, 9.17) is 4.74 Å². The molecule has 2 nitrogen and oxygen atoms in total. The average molecular weight is 386 g/mol. The van der Waals surface area contributed by atoms with Crippen LogP contribution in [-0.2, 0) is 0 Å². The van der Waals surface area contributed by atoms with Gasteiger partial charge in [0.1, 0.15) is 11.9 Å². The summed E-state index contributed by atoms with van der Waals surface area (Å²) < 4.78 is 6.92. The summed E-state index contributed by atoms with van der Waals surface area (Å²) in [6.45, 7) is 2.00. The van der Waals surface area contributed by atoms with Gasteiger partial charge >= 0.3 is 0 Å². The maximum Gasteiger partial charge on any atom is 0.120 e. The number of ether oxygens (including phenoxy) is 1. The molecule has 0 aliphatic carbocycles. The third-order valence-electron chi connectivity index (χ3n) is 3.02. The van der Waals surface area contributed by atoms with E-state index in [0.717, 1.165) is 31.4 Å². The van der Waals surface area contributed by atoms with Crippen molar-refractivity contribution in [1.29, 1.82) is 0 Å². The molecule has 2 rings (SSSR count). The highest BCUT2D eigenvalue weighted by molar-refractivity contribution is 9.10. The highest BCUT2D eigenvalue weighted by Crippen LogP contribution is 2.35. The van der Waals surface area contributed by atoms with Crippen molar-refractivity contribution < 1.29 is 9.84 Å². The highest BCUT2D eigenvalue weighted by atomic mass is 79.9. The SMILES string of the molecule is COc1ccc(C(O)c2cccc(C)c2Br)c(Br)c1. The second-order valence-electron chi connectivity index (χ2n) is 4.27. The van der Waals surface area contributed by atoms with Crippen LogP contribution in [0.15, 0.2) is 45.3 Å². The normalized spacial score (nSPS) is 12.3. The van der Waals surface area contributed by atoms with E-state index in [9.17, 15) is 5.11 Å². The lowest BCUT2D eigenvalue weighted by Gasteiger charge is -2.16. The fourth-order valence-corrected chi connectivity index (χ4v) is 2.96. The smallest absolute Gasteiger partial charge is 0.120 e. The lowest BCUT2D eigenvalue weighted by atomic mass is 10.00. The molecule has 0 spiro atoms. The molecule has 0 aliphatic heterocycles. The van der Waals surface area contributed by atoms with Crippen LogP contribution in [0.4, 0.5) is 0 Å². The minimum Gasteiger partial charge on any atom is -0.497 e. The van der Waals surface area contributed by atoms with Crippen LogP contribution >= 0.6 is 31.9 Å². The van der Waals surface area contributed by atoms with E-state index >= 15 is 0 Å². The predicted octanol–water partition coefficient (Wildman–Crippen LogP) is 4.61. The molecule has 2 aromatic rings. The van der Waals surface area contributed by atoms with Gasteiger partial charge < -0.3 is 9.84 Å². The van der Waals surface area contributed by atoms with Gasteiger partial charge in [-0.15, -0.1) is 0 Å². The molecule has 0 heterocycles. The molecule has 100 valence electrons. The number of aliphatic hydroxyl groups excluding tert-OH is 1. The van der Waals surface area contributed by atoms with Crippen molar-refractivity contribution in [3.05, 3.63) is 62.0 Å². The van der Waals surface area contributed by atoms with Gasteiger partial charge in [-0.1, -0.05) is 56.1 Å². The lowest BCUT2D eigenvalue weighted by Crippen LogP contribution is -2.02. The van der Waals surface area contributed by atoms with Crippen LogP contribution in [-0.4, -0.2) is 12.2 Å². The predicted molar refractivity (Wildman–Crippen MR) is 83.6 cm³/mol. The maximum atomic E-state index is 10.5. The van der Waals surface area contributed by atoms with Gasteiger partial charge in [0.15, 0.2) is 0 Å². The Morgan fingerprint density at radius 2 is 1.84 bits per heavy atom. The topological polar surface area (TPSA) is 29.5 Å². The average Bonchev–Trinajstić information content (AvgIpc) is 2.41. The van der Waals surface area contributed by atoms with Gasteiger partial charge in [0, 0.05) is 8.95 Å². The van der Waals surface area contributed by atoms with Crippen LogP contribution in [0.1, 0.15) is 22.8 Å². The third-order valence-corrected chi connectivity index (χ3v) is 4.79. The Kier molecular flexibility index (Phi) is 4.66. The molecule has 0 bridgehead atoms. The van der Waals surface area contributed by atoms with Gasteiger partial charge in [0.05, 0.1) is 7.11 Å². The van der Waals surface area contributed by atoms with Crippen molar-refractivity contribution in [3.63, 3.8) is 0 Å². The quantitative estimate of drug-likeness (QED) is 0.835. The third kappa shape index (κ3) is 3.02. The molecule has 0 radical (unpaired) electrons. The first-order valence-corrected chi connectivity index (χ1v) is 7.39. The van der Waals surface area contributed by atoms with Gasteiger partial charge in [-0.05, 0) is 35.7 Å². The Balaban J connectivity index is 2.44. The molecule has 1 atom stereocenters. The largest absolute Gasteiger partial charge is 0.497 e. The summed E-state index contributed by atoms with van der Waals surface area (Å²) in [4.78, 5) is 0. The number of hydrogen-bond acceptors (Lipinski definition) is 2. The number of benzene rings is 2. The van der Waals surface area contributed by atoms with Crippen molar-refractivity contribution in [2.45, 2.75) is 13.0 Å². The number of aliphatic hydroxyl groups is 1. The van der Waals surface area contributed by atoms with E-state index in [0.29, 0.717) is 0 Å². The highest BCUT2D eigenvalue weighted by Gasteiger charge is 2.17. The zero-order valence-electron chi connectivity index (χ0n) is 10.7. The Bertz CT molecular complexity index is 597. The Labute approximate surface area is 129 Å². The molecule has 19 heavy (non-hydrogen) atoms. The van der Waals surface area contributed by atoms with Crippen LogP contribution in [0.25, 0.3) is 0 Å². The first-order chi connectivity index (χ1) is 9.04. The summed E-state index contributed by atoms with van der Waals surface area (Å²) in [5.74, 6) is 0.756. The lowest BCUT2D eigenvalue weighted by molar-refractivity contribution is 0.218. The summed E-state index contributed by atoms with van der Waals surface area (Å²) in [6.07, 6.45) is -0.686. The molecular weight excluding hydrogens is 372 g/mol. The van der Waals surface area contributed by atoms with E-state index in [-0.39, 0.29) is 0 Å². The first-order valence-electron chi connectivity index (χ1n) is 5.81. The fourth-order valence-electron chi connectivity index (χ4n) is 1.91. The number of rotatable bonds is 3. The molecule has 1 unspecified atom stereocenters. The summed E-state index contributed by atoms with van der Waals surface area (Å²) in [5, 5.41) is 10.5. The summed E-state index contributed by atoms with van der Waals surface area (Å²) in [7, 11) is 1.62. The van der Waals surface area contributed by atoms with Gasteiger partial charge in [-0.25, -0.2) is 0 Å². The zero-order chi connectivity index (χ0) is 14.0. The van der Waals surface area contributed by atoms with Gasteiger partial charge in [0.2, 0.25) is 0 Å². The summed E-state index contributed by atoms with van der Waals surface area (Å²) >= 11 is 7.00. The molecule has 0 saturated carbocycles. The van der Waals surface area contributed by atoms with Crippen LogP contribution in [0.5, 0.6) is 5.75 Å². The standard InChI is InChI=1S/C15H14Br2O2/c1-9-4-3-5-12(14(9)17)15(18)11-7-6-10(19-2)8-13(11)16/h3-8,15,18H,1-2H3. The van der Waals surface area contributed by atoms with Crippen LogP contribution in [0, 0.1) is 6.92 Å². The zero-order valence-corrected chi connectivity index (χ0v) is 13.8. The van der Waals surface area contributed by atoms with Crippen molar-refractivity contribution in [2.75, 3.05) is 7.11 Å². The van der Waals surface area contributed by atoms with E-state index in [1.54, 1.807) is 7.11 Å². The molecule has 2 aromatic carbocycles. The van der Waals surface area contributed by atoms with Crippen LogP contribution < -0.4 is 4.74 Å². The molecular formula is C15H14Br2O2. The number of methoxy groups -OCH3 is 1. The summed E-state index contributed by atoms with van der Waals surface area (Å²) in [5.41, 5.74) is 2.76. The molecule has 0 aromatic heterocycles. The second kappa shape index (κ2) is 6.07. The monoisotopic (exact) mass is 384 g/mol. The molecule has 0 saturated heterocycles. The molecule has 4 heteroatoms. The van der Waals surface area contributed by atoms with Gasteiger partial charge in [-0.3, -0.25) is 0 Å². The number of halogens is 2. The van der Waals surface area contributed by atoms with Crippen molar-refractivity contribution in [2.24, 2.45) is 0 Å². The minimum atomic E-state index is -0.686. The van der Waals surface area contributed by atoms with E-state index in [1.165, 1.54) is 0 Å². The van der Waals surface area contributed by atoms with E-state index < -0.39 is 6.10 Å². The number of aryl methyl sites for hydroxylation is 1. The number of hydrogen-bond donors (Lipinski definition) is 1. The molecule has 0 fully saturated rings. The van der Waals surface area contributed by atoms with Crippen molar-refractivity contribution in [1.82, 2.24) is 0 Å². The van der Waals surface area contributed by atoms with Gasteiger partial charge in [0.25, 0.3) is 0 Å². The molecule has 0 amide bonds. The van der Waals surface area contributed by atoms with Crippen LogP contribution in [0.2, 0.25) is 0 Å². The van der Waals surface area contributed by atoms with Crippen LogP contribution in [0.3, 0.4) is 0 Å². The Morgan fingerprint density at radius 3 is 2.47 bits per heavy atom. The Hall–Kier alpha value is -0.840. The first kappa shape index (κ1) is 14.6. The van der Waals surface area contributed by atoms with Crippen molar-refractivity contribution >= 4 is 31.9 Å². The fraction of sp³-hybridized carbons (Fsp3) is 0.200.